The highest BCUT2D eigenvalue weighted by Crippen LogP contribution is 2.23. The van der Waals surface area contributed by atoms with Crippen molar-refractivity contribution in [3.05, 3.63) is 17.5 Å². The second kappa shape index (κ2) is 3.37. The summed E-state index contributed by atoms with van der Waals surface area (Å²) in [7, 11) is 0. The normalized spacial score (nSPS) is 22.6. The molecule has 0 saturated carbocycles. The number of fused-ring (bicyclic) bond motifs is 1. The largest absolute Gasteiger partial charge is 0.317 e. The highest BCUT2D eigenvalue weighted by atomic mass is 15.3. The first kappa shape index (κ1) is 8.44. The average Bonchev–Trinajstić information content (AvgIpc) is 2.79. The fourth-order valence-electron chi connectivity index (χ4n) is 2.45. The van der Waals surface area contributed by atoms with Gasteiger partial charge in [0.15, 0.2) is 0 Å². The first-order valence-electron chi connectivity index (χ1n) is 5.42. The molecule has 14 heavy (non-hydrogen) atoms. The number of hydrogen-bond donors (Lipinski definition) is 2. The summed E-state index contributed by atoms with van der Waals surface area (Å²) >= 11 is 0. The number of nitrogens with zero attached hydrogens (tertiary/aromatic N) is 2. The van der Waals surface area contributed by atoms with Gasteiger partial charge in [0.05, 0.1) is 17.9 Å². The Hall–Kier alpha value is -0.870. The first-order chi connectivity index (χ1) is 6.95. The van der Waals surface area contributed by atoms with Crippen LogP contribution in [0.15, 0.2) is 6.20 Å². The second-order valence-corrected chi connectivity index (χ2v) is 4.15. The molecule has 0 bridgehead atoms. The van der Waals surface area contributed by atoms with Gasteiger partial charge in [0.25, 0.3) is 0 Å². The van der Waals surface area contributed by atoms with Crippen LogP contribution in [0.5, 0.6) is 0 Å². The van der Waals surface area contributed by atoms with Gasteiger partial charge in [-0.05, 0) is 25.9 Å². The molecule has 0 unspecified atom stereocenters. The highest BCUT2D eigenvalue weighted by Gasteiger charge is 2.22. The van der Waals surface area contributed by atoms with Crippen LogP contribution in [-0.4, -0.2) is 22.9 Å². The molecule has 0 amide bonds. The molecule has 3 heterocycles. The summed E-state index contributed by atoms with van der Waals surface area (Å²) in [6, 6.07) is 0.625. The third kappa shape index (κ3) is 1.26. The van der Waals surface area contributed by atoms with Crippen LogP contribution in [0.1, 0.15) is 30.1 Å². The molecule has 0 aliphatic carbocycles. The third-order valence-corrected chi connectivity index (χ3v) is 3.25. The zero-order valence-electron chi connectivity index (χ0n) is 8.29. The molecular formula is C10H16N4. The Bertz CT molecular complexity index is 325. The lowest BCUT2D eigenvalue weighted by molar-refractivity contribution is 0.335. The maximum Gasteiger partial charge on any atom is 0.0570 e. The molecule has 3 rings (SSSR count). The predicted octanol–water partition coefficient (Wildman–Crippen LogP) is 0.411. The summed E-state index contributed by atoms with van der Waals surface area (Å²) < 4.78 is 2.25. The molecule has 1 saturated heterocycles. The van der Waals surface area contributed by atoms with E-state index in [1.54, 1.807) is 0 Å². The highest BCUT2D eigenvalue weighted by molar-refractivity contribution is 5.22. The Morgan fingerprint density at radius 3 is 2.93 bits per heavy atom. The van der Waals surface area contributed by atoms with Crippen molar-refractivity contribution in [2.45, 2.75) is 32.0 Å². The number of aromatic nitrogens is 2. The van der Waals surface area contributed by atoms with Crippen LogP contribution in [0.3, 0.4) is 0 Å². The molecule has 1 aromatic rings. The molecule has 0 aromatic carbocycles. The molecule has 2 aliphatic heterocycles. The summed E-state index contributed by atoms with van der Waals surface area (Å²) in [5, 5.41) is 11.3. The van der Waals surface area contributed by atoms with Crippen LogP contribution in [-0.2, 0) is 13.1 Å². The van der Waals surface area contributed by atoms with E-state index < -0.39 is 0 Å². The van der Waals surface area contributed by atoms with Gasteiger partial charge < -0.3 is 10.6 Å². The maximum absolute atomic E-state index is 4.51. The smallest absolute Gasteiger partial charge is 0.0570 e. The third-order valence-electron chi connectivity index (χ3n) is 3.25. The minimum absolute atomic E-state index is 0.625. The molecule has 0 atom stereocenters. The van der Waals surface area contributed by atoms with Crippen LogP contribution in [0.2, 0.25) is 0 Å². The Balaban J connectivity index is 1.88. The van der Waals surface area contributed by atoms with Crippen molar-refractivity contribution in [2.75, 3.05) is 13.1 Å². The van der Waals surface area contributed by atoms with Gasteiger partial charge in [0, 0.05) is 18.7 Å². The summed E-state index contributed by atoms with van der Waals surface area (Å²) in [5.74, 6) is 0. The lowest BCUT2D eigenvalue weighted by Crippen LogP contribution is -2.30. The Kier molecular flexibility index (Phi) is 2.03. The van der Waals surface area contributed by atoms with E-state index in [1.807, 2.05) is 6.20 Å². The Labute approximate surface area is 83.7 Å². The SMILES string of the molecule is c1nn(C2CCNCC2)c2c1CNC2. The maximum atomic E-state index is 4.51. The summed E-state index contributed by atoms with van der Waals surface area (Å²) in [4.78, 5) is 0. The standard InChI is InChI=1S/C10H16N4/c1-3-11-4-2-9(1)14-10-7-12-5-8(10)6-13-14/h6,9,11-12H,1-5,7H2. The van der Waals surface area contributed by atoms with E-state index in [1.165, 1.54) is 24.1 Å². The first-order valence-corrected chi connectivity index (χ1v) is 5.42. The molecule has 1 aromatic heterocycles. The van der Waals surface area contributed by atoms with Crippen molar-refractivity contribution < 1.29 is 0 Å². The summed E-state index contributed by atoms with van der Waals surface area (Å²) in [5.41, 5.74) is 2.81. The Morgan fingerprint density at radius 1 is 1.21 bits per heavy atom. The number of piperidine rings is 1. The van der Waals surface area contributed by atoms with Gasteiger partial charge in [-0.3, -0.25) is 4.68 Å². The number of nitrogens with one attached hydrogen (secondary N) is 2. The van der Waals surface area contributed by atoms with Crippen molar-refractivity contribution >= 4 is 0 Å². The summed E-state index contributed by atoms with van der Waals surface area (Å²) in [6.45, 7) is 4.26. The van der Waals surface area contributed by atoms with Crippen LogP contribution in [0, 0.1) is 0 Å². The average molecular weight is 192 g/mol. The molecule has 1 fully saturated rings. The van der Waals surface area contributed by atoms with Crippen molar-refractivity contribution in [1.82, 2.24) is 20.4 Å². The van der Waals surface area contributed by atoms with Gasteiger partial charge in [-0.2, -0.15) is 5.10 Å². The van der Waals surface area contributed by atoms with Crippen molar-refractivity contribution in [2.24, 2.45) is 0 Å². The van der Waals surface area contributed by atoms with Gasteiger partial charge in [0.1, 0.15) is 0 Å². The lowest BCUT2D eigenvalue weighted by Gasteiger charge is -2.24. The minimum Gasteiger partial charge on any atom is -0.317 e. The van der Waals surface area contributed by atoms with Gasteiger partial charge in [-0.25, -0.2) is 0 Å². The van der Waals surface area contributed by atoms with E-state index in [2.05, 4.69) is 20.4 Å². The molecule has 0 spiro atoms. The van der Waals surface area contributed by atoms with Crippen LogP contribution in [0.25, 0.3) is 0 Å². The van der Waals surface area contributed by atoms with E-state index in [4.69, 9.17) is 0 Å². The zero-order valence-corrected chi connectivity index (χ0v) is 8.29. The van der Waals surface area contributed by atoms with E-state index in [0.29, 0.717) is 6.04 Å². The Morgan fingerprint density at radius 2 is 2.07 bits per heavy atom. The molecule has 2 aliphatic rings. The summed E-state index contributed by atoms with van der Waals surface area (Å²) in [6.07, 6.45) is 4.46. The second-order valence-electron chi connectivity index (χ2n) is 4.15. The minimum atomic E-state index is 0.625. The van der Waals surface area contributed by atoms with Crippen molar-refractivity contribution in [3.8, 4) is 0 Å². The molecular weight excluding hydrogens is 176 g/mol. The lowest BCUT2D eigenvalue weighted by atomic mass is 10.1. The molecule has 4 nitrogen and oxygen atoms in total. The van der Waals surface area contributed by atoms with E-state index >= 15 is 0 Å². The number of hydrogen-bond acceptors (Lipinski definition) is 3. The molecule has 76 valence electrons. The quantitative estimate of drug-likeness (QED) is 0.677. The van der Waals surface area contributed by atoms with E-state index in [-0.39, 0.29) is 0 Å². The van der Waals surface area contributed by atoms with Crippen molar-refractivity contribution in [1.29, 1.82) is 0 Å². The number of rotatable bonds is 1. The van der Waals surface area contributed by atoms with Crippen LogP contribution >= 0.6 is 0 Å². The predicted molar refractivity (Wildman–Crippen MR) is 53.9 cm³/mol. The fraction of sp³-hybridized carbons (Fsp3) is 0.700. The topological polar surface area (TPSA) is 41.9 Å². The van der Waals surface area contributed by atoms with Gasteiger partial charge in [-0.1, -0.05) is 0 Å². The van der Waals surface area contributed by atoms with Gasteiger partial charge in [-0.15, -0.1) is 0 Å². The fourth-order valence-corrected chi connectivity index (χ4v) is 2.45. The van der Waals surface area contributed by atoms with Crippen LogP contribution < -0.4 is 10.6 Å². The monoisotopic (exact) mass is 192 g/mol. The van der Waals surface area contributed by atoms with Crippen molar-refractivity contribution in [3.63, 3.8) is 0 Å². The van der Waals surface area contributed by atoms with Crippen LogP contribution in [0.4, 0.5) is 0 Å². The molecule has 4 heteroatoms. The molecule has 2 N–H and O–H groups in total. The molecule has 0 radical (unpaired) electrons. The van der Waals surface area contributed by atoms with E-state index in [0.717, 1.165) is 26.2 Å². The van der Waals surface area contributed by atoms with Gasteiger partial charge >= 0.3 is 0 Å². The van der Waals surface area contributed by atoms with E-state index in [9.17, 15) is 0 Å². The van der Waals surface area contributed by atoms with Gasteiger partial charge in [0.2, 0.25) is 0 Å². The zero-order chi connectivity index (χ0) is 9.38.